The molecule has 3 nitrogen and oxygen atoms in total. The minimum absolute atomic E-state index is 0.606. The summed E-state index contributed by atoms with van der Waals surface area (Å²) in [5.74, 6) is 2.12. The van der Waals surface area contributed by atoms with Crippen LogP contribution in [0.2, 0.25) is 0 Å². The molecule has 0 spiro atoms. The van der Waals surface area contributed by atoms with Crippen LogP contribution >= 0.6 is 0 Å². The molecule has 0 aromatic carbocycles. The molecule has 0 aliphatic heterocycles. The Bertz CT molecular complexity index is 241. The molecule has 2 rings (SSSR count). The maximum Gasteiger partial charge on any atom is 0.145 e. The van der Waals surface area contributed by atoms with E-state index in [4.69, 9.17) is 5.73 Å². The van der Waals surface area contributed by atoms with Gasteiger partial charge in [0.15, 0.2) is 0 Å². The van der Waals surface area contributed by atoms with Crippen LogP contribution in [0, 0.1) is 5.92 Å². The van der Waals surface area contributed by atoms with Crippen LogP contribution in [0.3, 0.4) is 0 Å². The second-order valence-corrected chi connectivity index (χ2v) is 3.07. The maximum atomic E-state index is 5.45. The number of aromatic amines is 1. The highest BCUT2D eigenvalue weighted by Crippen LogP contribution is 2.46. The van der Waals surface area contributed by atoms with Gasteiger partial charge in [-0.15, -0.1) is 0 Å². The van der Waals surface area contributed by atoms with Crippen LogP contribution in [0.15, 0.2) is 6.07 Å². The highest BCUT2D eigenvalue weighted by molar-refractivity contribution is 5.32. The van der Waals surface area contributed by atoms with Gasteiger partial charge >= 0.3 is 0 Å². The molecule has 0 saturated heterocycles. The SMILES string of the molecule is C[C@@H]1C[C@@H]1c1cc(N)n[nH]1. The van der Waals surface area contributed by atoms with Gasteiger partial charge in [-0.25, -0.2) is 0 Å². The largest absolute Gasteiger partial charge is 0.382 e. The Kier molecular flexibility index (Phi) is 1.01. The molecule has 54 valence electrons. The van der Waals surface area contributed by atoms with Gasteiger partial charge in [0, 0.05) is 17.7 Å². The predicted molar refractivity (Wildman–Crippen MR) is 39.5 cm³/mol. The zero-order valence-electron chi connectivity index (χ0n) is 5.96. The summed E-state index contributed by atoms with van der Waals surface area (Å²) in [6.45, 7) is 2.24. The van der Waals surface area contributed by atoms with Crippen molar-refractivity contribution < 1.29 is 0 Å². The Labute approximate surface area is 59.6 Å². The van der Waals surface area contributed by atoms with E-state index < -0.39 is 0 Å². The summed E-state index contributed by atoms with van der Waals surface area (Å²) < 4.78 is 0. The van der Waals surface area contributed by atoms with E-state index >= 15 is 0 Å². The van der Waals surface area contributed by atoms with Gasteiger partial charge in [-0.3, -0.25) is 5.10 Å². The van der Waals surface area contributed by atoms with E-state index in [1.54, 1.807) is 0 Å². The van der Waals surface area contributed by atoms with Crippen LogP contribution in [0.4, 0.5) is 5.82 Å². The average molecular weight is 137 g/mol. The van der Waals surface area contributed by atoms with E-state index in [0.29, 0.717) is 11.7 Å². The van der Waals surface area contributed by atoms with Crippen molar-refractivity contribution in [3.63, 3.8) is 0 Å². The number of hydrogen-bond acceptors (Lipinski definition) is 2. The Hall–Kier alpha value is -0.990. The van der Waals surface area contributed by atoms with Crippen molar-refractivity contribution in [1.29, 1.82) is 0 Å². The molecule has 10 heavy (non-hydrogen) atoms. The summed E-state index contributed by atoms with van der Waals surface area (Å²) in [6, 6.07) is 1.92. The molecule has 1 aromatic rings. The van der Waals surface area contributed by atoms with Gasteiger partial charge in [0.05, 0.1) is 0 Å². The number of nitrogens with two attached hydrogens (primary N) is 1. The Morgan fingerprint density at radius 2 is 2.50 bits per heavy atom. The number of rotatable bonds is 1. The van der Waals surface area contributed by atoms with Crippen molar-refractivity contribution in [2.75, 3.05) is 5.73 Å². The van der Waals surface area contributed by atoms with Gasteiger partial charge in [-0.05, 0) is 12.3 Å². The molecule has 0 radical (unpaired) electrons. The lowest BCUT2D eigenvalue weighted by molar-refractivity contribution is 0.872. The van der Waals surface area contributed by atoms with E-state index in [2.05, 4.69) is 17.1 Å². The smallest absolute Gasteiger partial charge is 0.145 e. The Morgan fingerprint density at radius 1 is 1.80 bits per heavy atom. The van der Waals surface area contributed by atoms with Crippen molar-refractivity contribution in [1.82, 2.24) is 10.2 Å². The Balaban J connectivity index is 2.20. The summed E-state index contributed by atoms with van der Waals surface area (Å²) in [5.41, 5.74) is 6.65. The van der Waals surface area contributed by atoms with Crippen LogP contribution in [0.5, 0.6) is 0 Å². The lowest BCUT2D eigenvalue weighted by atomic mass is 10.2. The van der Waals surface area contributed by atoms with E-state index in [1.807, 2.05) is 6.07 Å². The standard InChI is InChI=1S/C7H11N3/c1-4-2-5(4)6-3-7(8)10-9-6/h3-5H,2H2,1H3,(H3,8,9,10)/t4-,5+/m1/s1. The van der Waals surface area contributed by atoms with Crippen LogP contribution in [0.1, 0.15) is 25.0 Å². The minimum atomic E-state index is 0.606. The third-order valence-corrected chi connectivity index (χ3v) is 2.13. The van der Waals surface area contributed by atoms with Gasteiger partial charge < -0.3 is 5.73 Å². The highest BCUT2D eigenvalue weighted by atomic mass is 15.2. The fraction of sp³-hybridized carbons (Fsp3) is 0.571. The van der Waals surface area contributed by atoms with E-state index in [0.717, 1.165) is 5.92 Å². The molecule has 0 unspecified atom stereocenters. The van der Waals surface area contributed by atoms with E-state index in [9.17, 15) is 0 Å². The lowest BCUT2D eigenvalue weighted by Crippen LogP contribution is -1.81. The third-order valence-electron chi connectivity index (χ3n) is 2.13. The van der Waals surface area contributed by atoms with E-state index in [-0.39, 0.29) is 0 Å². The molecule has 1 aliphatic rings. The summed E-state index contributed by atoms with van der Waals surface area (Å²) >= 11 is 0. The van der Waals surface area contributed by atoms with Crippen molar-refractivity contribution in [3.05, 3.63) is 11.8 Å². The lowest BCUT2D eigenvalue weighted by Gasteiger charge is -1.86. The van der Waals surface area contributed by atoms with E-state index in [1.165, 1.54) is 12.1 Å². The number of aromatic nitrogens is 2. The first kappa shape index (κ1) is 5.77. The van der Waals surface area contributed by atoms with Gasteiger partial charge in [-0.1, -0.05) is 6.92 Å². The van der Waals surface area contributed by atoms with Crippen LogP contribution in [-0.4, -0.2) is 10.2 Å². The monoisotopic (exact) mass is 137 g/mol. The summed E-state index contributed by atoms with van der Waals surface area (Å²) in [7, 11) is 0. The number of hydrogen-bond donors (Lipinski definition) is 2. The quantitative estimate of drug-likeness (QED) is 0.609. The number of nitrogen functional groups attached to an aromatic ring is 1. The van der Waals surface area contributed by atoms with Gasteiger partial charge in [-0.2, -0.15) is 5.10 Å². The molecule has 1 aromatic heterocycles. The molecule has 1 saturated carbocycles. The number of anilines is 1. The van der Waals surface area contributed by atoms with Crippen LogP contribution in [0.25, 0.3) is 0 Å². The third kappa shape index (κ3) is 0.781. The molecule has 1 aliphatic carbocycles. The first-order valence-corrected chi connectivity index (χ1v) is 3.58. The zero-order valence-corrected chi connectivity index (χ0v) is 5.96. The molecular weight excluding hydrogens is 126 g/mol. The second-order valence-electron chi connectivity index (χ2n) is 3.07. The normalized spacial score (nSPS) is 30.5. The van der Waals surface area contributed by atoms with Gasteiger partial charge in [0.25, 0.3) is 0 Å². The molecule has 1 heterocycles. The van der Waals surface area contributed by atoms with Crippen molar-refractivity contribution >= 4 is 5.82 Å². The highest BCUT2D eigenvalue weighted by Gasteiger charge is 2.35. The molecule has 1 fully saturated rings. The van der Waals surface area contributed by atoms with Crippen molar-refractivity contribution in [2.24, 2.45) is 5.92 Å². The summed E-state index contributed by atoms with van der Waals surface area (Å²) in [4.78, 5) is 0. The maximum absolute atomic E-state index is 5.45. The molecule has 2 atom stereocenters. The van der Waals surface area contributed by atoms with Gasteiger partial charge in [0.1, 0.15) is 5.82 Å². The first-order chi connectivity index (χ1) is 4.77. The molecular formula is C7H11N3. The fourth-order valence-electron chi connectivity index (χ4n) is 1.30. The molecule has 3 N–H and O–H groups in total. The number of nitrogens with zero attached hydrogens (tertiary/aromatic N) is 1. The summed E-state index contributed by atoms with van der Waals surface area (Å²) in [6.07, 6.45) is 1.28. The number of H-pyrrole nitrogens is 1. The molecule has 3 heteroatoms. The van der Waals surface area contributed by atoms with Crippen LogP contribution < -0.4 is 5.73 Å². The first-order valence-electron chi connectivity index (χ1n) is 3.58. The van der Waals surface area contributed by atoms with Gasteiger partial charge in [0.2, 0.25) is 0 Å². The number of nitrogens with one attached hydrogen (secondary N) is 1. The molecule has 0 bridgehead atoms. The molecule has 0 amide bonds. The zero-order chi connectivity index (χ0) is 7.14. The topological polar surface area (TPSA) is 54.7 Å². The van der Waals surface area contributed by atoms with Crippen LogP contribution in [-0.2, 0) is 0 Å². The summed E-state index contributed by atoms with van der Waals surface area (Å²) in [5, 5.41) is 6.79. The fourth-order valence-corrected chi connectivity index (χ4v) is 1.30. The predicted octanol–water partition coefficient (Wildman–Crippen LogP) is 1.12. The minimum Gasteiger partial charge on any atom is -0.382 e. The average Bonchev–Trinajstić information content (AvgIpc) is 2.42. The second kappa shape index (κ2) is 1.75. The van der Waals surface area contributed by atoms with Crippen molar-refractivity contribution in [2.45, 2.75) is 19.3 Å². The Morgan fingerprint density at radius 3 is 2.90 bits per heavy atom. The van der Waals surface area contributed by atoms with Crippen molar-refractivity contribution in [3.8, 4) is 0 Å².